The largest absolute Gasteiger partial charge is 0.444 e. The Morgan fingerprint density at radius 2 is 1.00 bits per heavy atom. The molecule has 0 radical (unpaired) electrons. The van der Waals surface area contributed by atoms with E-state index in [1.54, 1.807) is 33.3 Å². The van der Waals surface area contributed by atoms with Gasteiger partial charge in [0.25, 0.3) is 0 Å². The maximum Gasteiger partial charge on any atom is 0.411 e. The van der Waals surface area contributed by atoms with E-state index in [1.807, 2.05) is 53.9 Å². The van der Waals surface area contributed by atoms with Crippen LogP contribution >= 0.6 is 23.5 Å². The highest BCUT2D eigenvalue weighted by atomic mass is 32.2. The summed E-state index contributed by atoms with van der Waals surface area (Å²) < 4.78 is 11.2. The third-order valence-corrected chi connectivity index (χ3v) is 9.59. The van der Waals surface area contributed by atoms with Crippen molar-refractivity contribution in [3.05, 3.63) is 72.6 Å². The van der Waals surface area contributed by atoms with Gasteiger partial charge in [-0.1, -0.05) is 48.5 Å². The fourth-order valence-electron chi connectivity index (χ4n) is 5.33. The van der Waals surface area contributed by atoms with E-state index in [4.69, 9.17) is 9.47 Å². The van der Waals surface area contributed by atoms with E-state index in [0.29, 0.717) is 11.8 Å². The molecule has 2 atom stereocenters. The van der Waals surface area contributed by atoms with Crippen LogP contribution in [0.25, 0.3) is 33.6 Å². The molecule has 1 unspecified atom stereocenters. The Morgan fingerprint density at radius 1 is 0.652 bits per heavy atom. The van der Waals surface area contributed by atoms with Crippen LogP contribution in [-0.2, 0) is 9.47 Å². The summed E-state index contributed by atoms with van der Waals surface area (Å²) in [5, 5.41) is 0. The molecule has 0 bridgehead atoms. The molecule has 2 fully saturated rings. The zero-order valence-electron chi connectivity index (χ0n) is 27.0. The Balaban J connectivity index is 1.11. The van der Waals surface area contributed by atoms with E-state index >= 15 is 0 Å². The van der Waals surface area contributed by atoms with Crippen LogP contribution in [0.2, 0.25) is 0 Å². The summed E-state index contributed by atoms with van der Waals surface area (Å²) in [6.45, 7) is 11.3. The minimum Gasteiger partial charge on any atom is -0.444 e. The van der Waals surface area contributed by atoms with Crippen LogP contribution in [0, 0.1) is 0 Å². The van der Waals surface area contributed by atoms with E-state index in [9.17, 15) is 9.59 Å². The van der Waals surface area contributed by atoms with Gasteiger partial charge in [0.15, 0.2) is 0 Å². The second-order valence-electron chi connectivity index (χ2n) is 13.5. The third-order valence-electron chi connectivity index (χ3n) is 7.57. The average molecular weight is 661 g/mol. The maximum atomic E-state index is 12.7. The molecule has 12 heteroatoms. The summed E-state index contributed by atoms with van der Waals surface area (Å²) in [5.41, 5.74) is 4.94. The number of H-pyrrole nitrogens is 2. The van der Waals surface area contributed by atoms with Gasteiger partial charge in [0.2, 0.25) is 0 Å². The molecule has 2 aromatic heterocycles. The summed E-state index contributed by atoms with van der Waals surface area (Å²) in [6, 6.07) is 16.4. The van der Waals surface area contributed by atoms with E-state index in [-0.39, 0.29) is 24.3 Å². The van der Waals surface area contributed by atoms with Crippen molar-refractivity contribution in [3.8, 4) is 33.6 Å². The normalized spacial score (nSPS) is 18.7. The number of hydrogen-bond donors (Lipinski definition) is 2. The van der Waals surface area contributed by atoms with E-state index in [0.717, 1.165) is 56.8 Å². The number of rotatable bonds is 5. The number of aromatic nitrogens is 4. The van der Waals surface area contributed by atoms with Crippen LogP contribution in [0.1, 0.15) is 65.3 Å². The van der Waals surface area contributed by atoms with E-state index in [2.05, 4.69) is 68.5 Å². The van der Waals surface area contributed by atoms with Gasteiger partial charge >= 0.3 is 12.2 Å². The third kappa shape index (κ3) is 7.23. The molecule has 2 saturated heterocycles. The van der Waals surface area contributed by atoms with Crippen LogP contribution in [-0.4, -0.2) is 76.4 Å². The predicted molar refractivity (Wildman–Crippen MR) is 183 cm³/mol. The monoisotopic (exact) mass is 660 g/mol. The van der Waals surface area contributed by atoms with Crippen molar-refractivity contribution in [1.29, 1.82) is 0 Å². The Labute approximate surface area is 278 Å². The first-order valence-electron chi connectivity index (χ1n) is 15.3. The van der Waals surface area contributed by atoms with Crippen LogP contribution < -0.4 is 0 Å². The Hall–Kier alpha value is -3.90. The SMILES string of the molecule is CC(C)(C)OC(=O)N1CSCC1c1ncc(-c2ccc(-c3ccc(-c4cnc([C@@H]5CSCN5C(=O)OC(C)(C)C)[nH]4)cc3)cc2)[nH]1. The lowest BCUT2D eigenvalue weighted by Gasteiger charge is -2.27. The number of aromatic amines is 2. The number of amides is 2. The number of carbonyl (C=O) groups is 2. The van der Waals surface area contributed by atoms with Crippen LogP contribution in [0.5, 0.6) is 0 Å². The zero-order valence-corrected chi connectivity index (χ0v) is 28.6. The second-order valence-corrected chi connectivity index (χ2v) is 15.5. The topological polar surface area (TPSA) is 116 Å². The van der Waals surface area contributed by atoms with Gasteiger partial charge in [-0.25, -0.2) is 19.6 Å². The molecule has 2 aliphatic rings. The van der Waals surface area contributed by atoms with Crippen molar-refractivity contribution in [1.82, 2.24) is 29.7 Å². The minimum atomic E-state index is -0.546. The summed E-state index contributed by atoms with van der Waals surface area (Å²) in [7, 11) is 0. The van der Waals surface area contributed by atoms with Gasteiger partial charge in [0.1, 0.15) is 34.9 Å². The molecule has 0 spiro atoms. The van der Waals surface area contributed by atoms with Gasteiger partial charge < -0.3 is 19.4 Å². The highest BCUT2D eigenvalue weighted by molar-refractivity contribution is 7.99. The molecule has 46 heavy (non-hydrogen) atoms. The molecule has 0 aliphatic carbocycles. The Kier molecular flexibility index (Phi) is 8.86. The van der Waals surface area contributed by atoms with Gasteiger partial charge in [-0.3, -0.25) is 9.80 Å². The van der Waals surface area contributed by atoms with Crippen LogP contribution in [0.4, 0.5) is 9.59 Å². The molecule has 10 nitrogen and oxygen atoms in total. The smallest absolute Gasteiger partial charge is 0.411 e. The fraction of sp³-hybridized carbons (Fsp3) is 0.412. The lowest BCUT2D eigenvalue weighted by atomic mass is 10.0. The maximum absolute atomic E-state index is 12.7. The fourth-order valence-corrected chi connectivity index (χ4v) is 7.63. The standard InChI is InChI=1S/C34H40N6O4S2/c1-33(2,3)43-31(41)39-19-45-17-27(39)29-35-15-25(37-29)23-11-7-21(8-12-23)22-9-13-24(14-10-22)26-16-36-30(38-26)28-18-46-20-40(28)32(42)44-34(4,5)6/h7-16,27-28H,17-20H2,1-6H3,(H,35,37)(H,36,38)/t27-,28?/m0/s1. The quantitative estimate of drug-likeness (QED) is 0.221. The number of imidazole rings is 2. The molecule has 2 N–H and O–H groups in total. The number of hydrogen-bond acceptors (Lipinski definition) is 8. The number of carbonyl (C=O) groups excluding carboxylic acids is 2. The Morgan fingerprint density at radius 3 is 1.35 bits per heavy atom. The molecular weight excluding hydrogens is 621 g/mol. The number of ether oxygens (including phenoxy) is 2. The summed E-state index contributed by atoms with van der Waals surface area (Å²) in [5.74, 6) is 4.22. The van der Waals surface area contributed by atoms with Crippen LogP contribution in [0.15, 0.2) is 60.9 Å². The molecule has 4 aromatic rings. The van der Waals surface area contributed by atoms with E-state index in [1.165, 1.54) is 0 Å². The Bertz CT molecular complexity index is 1560. The van der Waals surface area contributed by atoms with Gasteiger partial charge in [-0.15, -0.1) is 23.5 Å². The molecule has 242 valence electrons. The first-order chi connectivity index (χ1) is 21.8. The van der Waals surface area contributed by atoms with Crippen molar-refractivity contribution >= 4 is 35.7 Å². The summed E-state index contributed by atoms with van der Waals surface area (Å²) in [6.07, 6.45) is 3.01. The van der Waals surface area contributed by atoms with Crippen LogP contribution in [0.3, 0.4) is 0 Å². The van der Waals surface area contributed by atoms with Gasteiger partial charge in [-0.05, 0) is 63.8 Å². The number of nitrogens with one attached hydrogen (secondary N) is 2. The first-order valence-corrected chi connectivity index (χ1v) is 17.6. The van der Waals surface area contributed by atoms with Crippen molar-refractivity contribution in [2.75, 3.05) is 23.3 Å². The molecular formula is C34H40N6O4S2. The number of benzene rings is 2. The predicted octanol–water partition coefficient (Wildman–Crippen LogP) is 8.10. The molecule has 2 aromatic carbocycles. The first kappa shape index (κ1) is 32.1. The van der Waals surface area contributed by atoms with Crippen molar-refractivity contribution in [2.24, 2.45) is 0 Å². The second kappa shape index (κ2) is 12.7. The zero-order chi connectivity index (χ0) is 32.6. The van der Waals surface area contributed by atoms with Gasteiger partial charge in [-0.2, -0.15) is 0 Å². The highest BCUT2D eigenvalue weighted by Crippen LogP contribution is 2.36. The summed E-state index contributed by atoms with van der Waals surface area (Å²) >= 11 is 3.39. The molecule has 6 rings (SSSR count). The van der Waals surface area contributed by atoms with Crippen molar-refractivity contribution < 1.29 is 19.1 Å². The molecule has 2 amide bonds. The number of nitrogens with zero attached hydrogens (tertiary/aromatic N) is 4. The van der Waals surface area contributed by atoms with Crippen molar-refractivity contribution in [2.45, 2.75) is 64.8 Å². The average Bonchev–Trinajstić information content (AvgIpc) is 3.82. The molecule has 0 saturated carbocycles. The van der Waals surface area contributed by atoms with Gasteiger partial charge in [0.05, 0.1) is 35.5 Å². The lowest BCUT2D eigenvalue weighted by Crippen LogP contribution is -2.37. The molecule has 2 aliphatic heterocycles. The van der Waals surface area contributed by atoms with Crippen molar-refractivity contribution in [3.63, 3.8) is 0 Å². The van der Waals surface area contributed by atoms with Gasteiger partial charge in [0, 0.05) is 11.5 Å². The lowest BCUT2D eigenvalue weighted by molar-refractivity contribution is 0.0222. The summed E-state index contributed by atoms with van der Waals surface area (Å²) in [4.78, 5) is 45.1. The minimum absolute atomic E-state index is 0.154. The molecule has 4 heterocycles. The highest BCUT2D eigenvalue weighted by Gasteiger charge is 2.36. The van der Waals surface area contributed by atoms with E-state index < -0.39 is 11.2 Å². The number of thioether (sulfide) groups is 2.